The van der Waals surface area contributed by atoms with Crippen LogP contribution in [0.3, 0.4) is 0 Å². The second kappa shape index (κ2) is 4.76. The molecule has 0 saturated heterocycles. The first-order valence-electron chi connectivity index (χ1n) is 6.32. The maximum Gasteiger partial charge on any atom is 0.269 e. The Hall–Kier alpha value is -2.30. The third-order valence-corrected chi connectivity index (χ3v) is 3.06. The highest BCUT2D eigenvalue weighted by molar-refractivity contribution is 5.41. The van der Waals surface area contributed by atoms with Gasteiger partial charge in [-0.2, -0.15) is 5.10 Å². The van der Waals surface area contributed by atoms with Crippen LogP contribution in [0.4, 0.5) is 5.69 Å². The molecule has 1 aromatic carbocycles. The minimum absolute atomic E-state index is 0.144. The first-order chi connectivity index (χ1) is 9.20. The summed E-state index contributed by atoms with van der Waals surface area (Å²) in [5.74, 6) is 0.192. The second-order valence-electron chi connectivity index (χ2n) is 4.83. The summed E-state index contributed by atoms with van der Waals surface area (Å²) in [4.78, 5) is 11.9. The zero-order valence-corrected chi connectivity index (χ0v) is 10.4. The zero-order valence-electron chi connectivity index (χ0n) is 10.4. The summed E-state index contributed by atoms with van der Waals surface area (Å²) < 4.78 is 1.38. The Labute approximate surface area is 110 Å². The summed E-state index contributed by atoms with van der Waals surface area (Å²) >= 11 is 0. The summed E-state index contributed by atoms with van der Waals surface area (Å²) in [7, 11) is 0. The molecule has 1 fully saturated rings. The van der Waals surface area contributed by atoms with Crippen molar-refractivity contribution in [2.75, 3.05) is 5.32 Å². The van der Waals surface area contributed by atoms with Gasteiger partial charge in [-0.1, -0.05) is 12.1 Å². The van der Waals surface area contributed by atoms with Crippen molar-refractivity contribution in [2.24, 2.45) is 0 Å². The lowest BCUT2D eigenvalue weighted by Gasteiger charge is -2.07. The quantitative estimate of drug-likeness (QED) is 0.872. The zero-order chi connectivity index (χ0) is 13.2. The molecule has 1 saturated carbocycles. The Morgan fingerprint density at radius 3 is 2.89 bits per heavy atom. The number of hydrogen-bond acceptors (Lipinski definition) is 4. The monoisotopic (exact) mass is 257 g/mol. The first kappa shape index (κ1) is 11.8. The van der Waals surface area contributed by atoms with Crippen LogP contribution in [-0.4, -0.2) is 20.9 Å². The Bertz CT molecular complexity index is 647. The molecular formula is C14H15N3O2. The van der Waals surface area contributed by atoms with Gasteiger partial charge in [-0.3, -0.25) is 4.79 Å². The van der Waals surface area contributed by atoms with Crippen molar-refractivity contribution in [1.29, 1.82) is 0 Å². The molecule has 0 radical (unpaired) electrons. The average molecular weight is 257 g/mol. The van der Waals surface area contributed by atoms with E-state index in [0.717, 1.165) is 24.1 Å². The van der Waals surface area contributed by atoms with E-state index in [1.165, 1.54) is 4.68 Å². The predicted molar refractivity (Wildman–Crippen MR) is 72.4 cm³/mol. The van der Waals surface area contributed by atoms with Crippen LogP contribution in [0.2, 0.25) is 0 Å². The van der Waals surface area contributed by atoms with Crippen molar-refractivity contribution in [2.45, 2.75) is 25.4 Å². The van der Waals surface area contributed by atoms with Crippen LogP contribution >= 0.6 is 0 Å². The van der Waals surface area contributed by atoms with Gasteiger partial charge in [0.2, 0.25) is 0 Å². The number of phenols is 1. The van der Waals surface area contributed by atoms with E-state index in [0.29, 0.717) is 12.6 Å². The molecule has 0 aliphatic heterocycles. The van der Waals surface area contributed by atoms with Gasteiger partial charge in [0.05, 0.1) is 18.4 Å². The van der Waals surface area contributed by atoms with Gasteiger partial charge in [0.1, 0.15) is 5.75 Å². The second-order valence-corrected chi connectivity index (χ2v) is 4.83. The van der Waals surface area contributed by atoms with E-state index in [4.69, 9.17) is 0 Å². The molecule has 0 atom stereocenters. The average Bonchev–Trinajstić information content (AvgIpc) is 3.17. The fourth-order valence-electron chi connectivity index (χ4n) is 1.92. The number of benzene rings is 1. The summed E-state index contributed by atoms with van der Waals surface area (Å²) in [6.45, 7) is 0.358. The number of anilines is 1. The maximum absolute atomic E-state index is 11.9. The van der Waals surface area contributed by atoms with Gasteiger partial charge in [-0.25, -0.2) is 4.68 Å². The van der Waals surface area contributed by atoms with Crippen molar-refractivity contribution in [3.8, 4) is 5.75 Å². The molecule has 0 amide bonds. The van der Waals surface area contributed by atoms with E-state index in [2.05, 4.69) is 10.4 Å². The smallest absolute Gasteiger partial charge is 0.269 e. The summed E-state index contributed by atoms with van der Waals surface area (Å²) in [5.41, 5.74) is 1.48. The Morgan fingerprint density at radius 1 is 1.37 bits per heavy atom. The van der Waals surface area contributed by atoms with Crippen LogP contribution in [0, 0.1) is 0 Å². The van der Waals surface area contributed by atoms with E-state index >= 15 is 0 Å². The topological polar surface area (TPSA) is 67.2 Å². The number of nitrogens with zero attached hydrogens (tertiary/aromatic N) is 2. The van der Waals surface area contributed by atoms with E-state index in [-0.39, 0.29) is 11.3 Å². The molecule has 0 spiro atoms. The summed E-state index contributed by atoms with van der Waals surface area (Å²) in [5, 5.41) is 16.8. The van der Waals surface area contributed by atoms with Crippen molar-refractivity contribution in [3.63, 3.8) is 0 Å². The fraction of sp³-hybridized carbons (Fsp3) is 0.286. The number of rotatable bonds is 4. The molecule has 0 bridgehead atoms. The third-order valence-electron chi connectivity index (χ3n) is 3.06. The number of hydrogen-bond donors (Lipinski definition) is 2. The van der Waals surface area contributed by atoms with Gasteiger partial charge in [-0.05, 0) is 30.5 Å². The van der Waals surface area contributed by atoms with Crippen LogP contribution in [0.1, 0.15) is 18.4 Å². The lowest BCUT2D eigenvalue weighted by atomic mass is 10.2. The lowest BCUT2D eigenvalue weighted by Crippen LogP contribution is -2.23. The molecule has 0 unspecified atom stereocenters. The van der Waals surface area contributed by atoms with Gasteiger partial charge in [0, 0.05) is 12.1 Å². The van der Waals surface area contributed by atoms with Crippen molar-refractivity contribution in [1.82, 2.24) is 9.78 Å². The summed E-state index contributed by atoms with van der Waals surface area (Å²) in [6.07, 6.45) is 3.99. The number of aromatic hydroxyl groups is 1. The van der Waals surface area contributed by atoms with Gasteiger partial charge < -0.3 is 10.4 Å². The third kappa shape index (κ3) is 2.93. The highest BCUT2D eigenvalue weighted by atomic mass is 16.3. The van der Waals surface area contributed by atoms with Gasteiger partial charge >= 0.3 is 0 Å². The number of nitrogens with one attached hydrogen (secondary N) is 1. The van der Waals surface area contributed by atoms with Gasteiger partial charge in [0.15, 0.2) is 0 Å². The molecular weight excluding hydrogens is 242 g/mol. The normalized spacial score (nSPS) is 14.3. The molecule has 3 rings (SSSR count). The molecule has 2 aromatic rings. The molecule has 1 aliphatic rings. The molecule has 1 aromatic heterocycles. The van der Waals surface area contributed by atoms with Crippen LogP contribution in [0.25, 0.3) is 0 Å². The van der Waals surface area contributed by atoms with Crippen molar-refractivity contribution < 1.29 is 5.11 Å². The standard InChI is InChI=1S/C14H15N3O2/c18-13-3-1-2-10(6-13)9-17-14(19)7-12(8-15-17)16-11-4-5-11/h1-3,6-8,11,16,18H,4-5,9H2. The molecule has 5 heteroatoms. The molecule has 2 N–H and O–H groups in total. The van der Waals surface area contributed by atoms with Crippen LogP contribution in [-0.2, 0) is 6.54 Å². The molecule has 1 aliphatic carbocycles. The van der Waals surface area contributed by atoms with E-state index in [9.17, 15) is 9.90 Å². The van der Waals surface area contributed by atoms with Crippen LogP contribution in [0.5, 0.6) is 5.75 Å². The highest BCUT2D eigenvalue weighted by Gasteiger charge is 2.21. The largest absolute Gasteiger partial charge is 0.508 e. The lowest BCUT2D eigenvalue weighted by molar-refractivity contribution is 0.474. The molecule has 1 heterocycles. The Kier molecular flexibility index (Phi) is 2.95. The summed E-state index contributed by atoms with van der Waals surface area (Å²) in [6, 6.07) is 8.90. The minimum atomic E-state index is -0.144. The minimum Gasteiger partial charge on any atom is -0.508 e. The van der Waals surface area contributed by atoms with E-state index < -0.39 is 0 Å². The SMILES string of the molecule is O=c1cc(NC2CC2)cnn1Cc1cccc(O)c1. The first-order valence-corrected chi connectivity index (χ1v) is 6.32. The van der Waals surface area contributed by atoms with Gasteiger partial charge in [0.25, 0.3) is 5.56 Å². The highest BCUT2D eigenvalue weighted by Crippen LogP contribution is 2.23. The van der Waals surface area contributed by atoms with E-state index in [1.807, 2.05) is 6.07 Å². The molecule has 19 heavy (non-hydrogen) atoms. The molecule has 5 nitrogen and oxygen atoms in total. The Morgan fingerprint density at radius 2 is 2.21 bits per heavy atom. The molecule has 98 valence electrons. The maximum atomic E-state index is 11.9. The fourth-order valence-corrected chi connectivity index (χ4v) is 1.92. The number of aromatic nitrogens is 2. The predicted octanol–water partition coefficient (Wildman–Crippen LogP) is 1.57. The Balaban J connectivity index is 1.79. The van der Waals surface area contributed by atoms with Gasteiger partial charge in [-0.15, -0.1) is 0 Å². The van der Waals surface area contributed by atoms with Crippen molar-refractivity contribution >= 4 is 5.69 Å². The van der Waals surface area contributed by atoms with Crippen LogP contribution < -0.4 is 10.9 Å². The van der Waals surface area contributed by atoms with Crippen LogP contribution in [0.15, 0.2) is 41.3 Å². The van der Waals surface area contributed by atoms with Crippen molar-refractivity contribution in [3.05, 3.63) is 52.4 Å². The number of phenolic OH excluding ortho intramolecular Hbond substituents is 1. The van der Waals surface area contributed by atoms with E-state index in [1.54, 1.807) is 30.5 Å².